The predicted octanol–water partition coefficient (Wildman–Crippen LogP) is 5.96. The molecule has 0 bridgehead atoms. The van der Waals surface area contributed by atoms with Crippen molar-refractivity contribution >= 4 is 32.8 Å². The van der Waals surface area contributed by atoms with Crippen molar-refractivity contribution in [1.82, 2.24) is 19.9 Å². The van der Waals surface area contributed by atoms with Crippen molar-refractivity contribution in [1.29, 1.82) is 0 Å². The number of hydrogen-bond donors (Lipinski definition) is 1. The standard InChI is InChI=1S/C29H36F3N5O4S/c1-18-13-23(20-7-10-22(33-15-20)17-42(39,40)12-11-29(30,31)32)36-24-16-34-27(37-26(18)24)35-21-8-5-19(6-9-21)14-25(38)41-28(2,3)4/h7,10,13,15-16,19,21H,5-6,8-9,11-12,14,17H2,1-4H3,(H,34,35,37). The van der Waals surface area contributed by atoms with Crippen LogP contribution in [0.5, 0.6) is 0 Å². The van der Waals surface area contributed by atoms with Crippen LogP contribution in [0.15, 0.2) is 30.6 Å². The van der Waals surface area contributed by atoms with E-state index in [1.54, 1.807) is 12.3 Å². The summed E-state index contributed by atoms with van der Waals surface area (Å²) in [4.78, 5) is 30.1. The average Bonchev–Trinajstić information content (AvgIpc) is 2.88. The highest BCUT2D eigenvalue weighted by atomic mass is 32.2. The van der Waals surface area contributed by atoms with E-state index in [0.29, 0.717) is 40.6 Å². The topological polar surface area (TPSA) is 124 Å². The summed E-state index contributed by atoms with van der Waals surface area (Å²) in [5.41, 5.74) is 3.03. The third-order valence-corrected chi connectivity index (χ3v) is 8.54. The fourth-order valence-electron chi connectivity index (χ4n) is 4.94. The van der Waals surface area contributed by atoms with E-state index < -0.39 is 39.5 Å². The lowest BCUT2D eigenvalue weighted by Gasteiger charge is -2.29. The maximum Gasteiger partial charge on any atom is 0.390 e. The van der Waals surface area contributed by atoms with Gasteiger partial charge >= 0.3 is 12.1 Å². The Balaban J connectivity index is 1.37. The number of alkyl halides is 3. The Morgan fingerprint density at radius 2 is 1.76 bits per heavy atom. The maximum atomic E-state index is 12.4. The van der Waals surface area contributed by atoms with Crippen LogP contribution in [-0.2, 0) is 25.1 Å². The van der Waals surface area contributed by atoms with Crippen LogP contribution in [0.25, 0.3) is 22.3 Å². The van der Waals surface area contributed by atoms with E-state index in [-0.39, 0.29) is 17.7 Å². The predicted molar refractivity (Wildman–Crippen MR) is 153 cm³/mol. The number of ether oxygens (including phenoxy) is 1. The molecular formula is C29H36F3N5O4S. The van der Waals surface area contributed by atoms with Gasteiger partial charge in [-0.1, -0.05) is 0 Å². The third-order valence-electron chi connectivity index (χ3n) is 6.98. The van der Waals surface area contributed by atoms with Gasteiger partial charge in [0.15, 0.2) is 9.84 Å². The van der Waals surface area contributed by atoms with Crippen molar-refractivity contribution in [2.45, 2.75) is 89.8 Å². The van der Waals surface area contributed by atoms with Gasteiger partial charge in [-0.25, -0.2) is 23.4 Å². The highest BCUT2D eigenvalue weighted by molar-refractivity contribution is 7.90. The number of carbonyl (C=O) groups excluding carboxylic acids is 1. The fraction of sp³-hybridized carbons (Fsp3) is 0.552. The molecule has 1 fully saturated rings. The highest BCUT2D eigenvalue weighted by Crippen LogP contribution is 2.30. The number of nitrogens with zero attached hydrogens (tertiary/aromatic N) is 4. The van der Waals surface area contributed by atoms with E-state index >= 15 is 0 Å². The van der Waals surface area contributed by atoms with Gasteiger partial charge in [0.1, 0.15) is 11.1 Å². The molecule has 3 aromatic rings. The van der Waals surface area contributed by atoms with Gasteiger partial charge < -0.3 is 10.1 Å². The molecule has 0 radical (unpaired) electrons. The quantitative estimate of drug-likeness (QED) is 0.293. The monoisotopic (exact) mass is 607 g/mol. The van der Waals surface area contributed by atoms with E-state index in [1.807, 2.05) is 33.8 Å². The largest absolute Gasteiger partial charge is 0.460 e. The van der Waals surface area contributed by atoms with Crippen molar-refractivity contribution in [3.8, 4) is 11.3 Å². The summed E-state index contributed by atoms with van der Waals surface area (Å²) < 4.78 is 66.8. The molecule has 1 N–H and O–H groups in total. The van der Waals surface area contributed by atoms with Crippen LogP contribution in [0.2, 0.25) is 0 Å². The van der Waals surface area contributed by atoms with Gasteiger partial charge in [-0.3, -0.25) is 9.78 Å². The molecule has 0 aromatic carbocycles. The number of esters is 1. The first kappa shape index (κ1) is 31.6. The second kappa shape index (κ2) is 12.5. The molecule has 0 aliphatic heterocycles. The molecule has 4 rings (SSSR count). The normalized spacial score (nSPS) is 18.2. The molecule has 9 nitrogen and oxygen atoms in total. The summed E-state index contributed by atoms with van der Waals surface area (Å²) in [6, 6.07) is 5.17. The molecule has 0 amide bonds. The first-order valence-electron chi connectivity index (χ1n) is 13.9. The lowest BCUT2D eigenvalue weighted by molar-refractivity contribution is -0.156. The highest BCUT2D eigenvalue weighted by Gasteiger charge is 2.30. The number of aryl methyl sites for hydroxylation is 1. The van der Waals surface area contributed by atoms with Crippen molar-refractivity contribution in [3.05, 3.63) is 41.9 Å². The van der Waals surface area contributed by atoms with Crippen molar-refractivity contribution in [2.24, 2.45) is 5.92 Å². The van der Waals surface area contributed by atoms with Crippen molar-refractivity contribution < 1.29 is 31.1 Å². The lowest BCUT2D eigenvalue weighted by atomic mass is 9.84. The molecule has 0 atom stereocenters. The molecule has 3 aromatic heterocycles. The average molecular weight is 608 g/mol. The van der Waals surface area contributed by atoms with Gasteiger partial charge in [0.2, 0.25) is 5.95 Å². The zero-order valence-corrected chi connectivity index (χ0v) is 25.0. The Morgan fingerprint density at radius 1 is 1.05 bits per heavy atom. The SMILES string of the molecule is Cc1cc(-c2ccc(CS(=O)(=O)CCC(F)(F)F)nc2)nc2cnc(NC3CCC(CC(=O)OC(C)(C)C)CC3)nc12. The van der Waals surface area contributed by atoms with E-state index in [9.17, 15) is 26.4 Å². The fourth-order valence-corrected chi connectivity index (χ4v) is 6.25. The van der Waals surface area contributed by atoms with E-state index in [0.717, 1.165) is 31.2 Å². The molecule has 13 heteroatoms. The smallest absolute Gasteiger partial charge is 0.390 e. The van der Waals surface area contributed by atoms with Gasteiger partial charge in [-0.15, -0.1) is 0 Å². The first-order valence-corrected chi connectivity index (χ1v) is 15.7. The van der Waals surface area contributed by atoms with Gasteiger partial charge in [0.05, 0.1) is 41.0 Å². The summed E-state index contributed by atoms with van der Waals surface area (Å²) in [7, 11) is -3.95. The van der Waals surface area contributed by atoms with Crippen molar-refractivity contribution in [3.63, 3.8) is 0 Å². The lowest BCUT2D eigenvalue weighted by Crippen LogP contribution is -2.30. The minimum Gasteiger partial charge on any atom is -0.460 e. The van der Waals surface area contributed by atoms with Crippen molar-refractivity contribution in [2.75, 3.05) is 11.1 Å². The summed E-state index contributed by atoms with van der Waals surface area (Å²) in [6.45, 7) is 7.52. The van der Waals surface area contributed by atoms with Crippen LogP contribution in [0.3, 0.4) is 0 Å². The number of hydrogen-bond acceptors (Lipinski definition) is 9. The Labute approximate surface area is 243 Å². The van der Waals surface area contributed by atoms with E-state index in [2.05, 4.69) is 25.3 Å². The molecule has 0 saturated heterocycles. The van der Waals surface area contributed by atoms with E-state index in [4.69, 9.17) is 4.74 Å². The van der Waals surface area contributed by atoms with E-state index in [1.165, 1.54) is 12.3 Å². The number of fused-ring (bicyclic) bond motifs is 1. The summed E-state index contributed by atoms with van der Waals surface area (Å²) in [6.07, 6.45) is 1.25. The van der Waals surface area contributed by atoms with Gasteiger partial charge in [-0.2, -0.15) is 13.2 Å². The number of carbonyl (C=O) groups is 1. The van der Waals surface area contributed by atoms with Gasteiger partial charge in [0, 0.05) is 24.2 Å². The van der Waals surface area contributed by atoms with Gasteiger partial charge in [0.25, 0.3) is 0 Å². The number of anilines is 1. The Morgan fingerprint density at radius 3 is 2.38 bits per heavy atom. The molecule has 42 heavy (non-hydrogen) atoms. The molecule has 1 aliphatic carbocycles. The number of pyridine rings is 2. The van der Waals surface area contributed by atoms with Crippen LogP contribution in [-0.4, -0.2) is 57.9 Å². The maximum absolute atomic E-state index is 12.4. The Bertz CT molecular complexity index is 1520. The minimum atomic E-state index is -4.53. The van der Waals surface area contributed by atoms with Crippen LogP contribution in [0, 0.1) is 12.8 Å². The second-order valence-corrected chi connectivity index (χ2v) is 14.1. The number of halogens is 3. The van der Waals surface area contributed by atoms with Gasteiger partial charge in [-0.05, 0) is 83.1 Å². The molecule has 1 aliphatic rings. The summed E-state index contributed by atoms with van der Waals surface area (Å²) in [5.74, 6) is -0.880. The number of nitrogens with one attached hydrogen (secondary N) is 1. The Kier molecular flexibility index (Phi) is 9.39. The molecule has 0 spiro atoms. The van der Waals surface area contributed by atoms with Crippen LogP contribution in [0.1, 0.15) is 70.6 Å². The zero-order valence-electron chi connectivity index (χ0n) is 24.2. The Hall–Kier alpha value is -3.35. The second-order valence-electron chi connectivity index (χ2n) is 11.9. The first-order chi connectivity index (χ1) is 19.6. The molecular weight excluding hydrogens is 571 g/mol. The zero-order chi connectivity index (χ0) is 30.7. The molecule has 0 unspecified atom stereocenters. The van der Waals surface area contributed by atoms with Crippen LogP contribution < -0.4 is 5.32 Å². The molecule has 1 saturated carbocycles. The third kappa shape index (κ3) is 9.33. The molecule has 228 valence electrons. The van der Waals surface area contributed by atoms with Crippen LogP contribution in [0.4, 0.5) is 19.1 Å². The number of aromatic nitrogens is 4. The van der Waals surface area contributed by atoms with Crippen LogP contribution >= 0.6 is 0 Å². The number of rotatable bonds is 9. The minimum absolute atomic E-state index is 0.154. The number of sulfone groups is 1. The summed E-state index contributed by atoms with van der Waals surface area (Å²) in [5, 5.41) is 3.41. The summed E-state index contributed by atoms with van der Waals surface area (Å²) >= 11 is 0. The molecule has 3 heterocycles.